The van der Waals surface area contributed by atoms with Crippen LogP contribution in [-0.2, 0) is 4.84 Å². The van der Waals surface area contributed by atoms with Crippen molar-refractivity contribution in [3.05, 3.63) is 0 Å². The zero-order chi connectivity index (χ0) is 8.39. The van der Waals surface area contributed by atoms with Gasteiger partial charge in [0, 0.05) is 12.3 Å². The average Bonchev–Trinajstić information content (AvgIpc) is 2.54. The third kappa shape index (κ3) is 1.61. The summed E-state index contributed by atoms with van der Waals surface area (Å²) in [5, 5.41) is 7.48. The first-order chi connectivity index (χ1) is 5.86. The van der Waals surface area contributed by atoms with E-state index in [1.54, 1.807) is 0 Å². The van der Waals surface area contributed by atoms with Crippen molar-refractivity contribution in [2.75, 3.05) is 13.1 Å². The van der Waals surface area contributed by atoms with Gasteiger partial charge in [-0.1, -0.05) is 5.16 Å². The topological polar surface area (TPSA) is 33.6 Å². The molecule has 0 radical (unpaired) electrons. The molecule has 0 spiro atoms. The van der Waals surface area contributed by atoms with Gasteiger partial charge in [-0.3, -0.25) is 0 Å². The molecule has 1 saturated heterocycles. The van der Waals surface area contributed by atoms with Crippen molar-refractivity contribution in [2.24, 2.45) is 11.1 Å². The van der Waals surface area contributed by atoms with Gasteiger partial charge in [0.05, 0.1) is 5.71 Å². The van der Waals surface area contributed by atoms with Gasteiger partial charge in [-0.2, -0.15) is 0 Å². The van der Waals surface area contributed by atoms with Crippen molar-refractivity contribution < 1.29 is 4.84 Å². The van der Waals surface area contributed by atoms with Crippen LogP contribution in [0.5, 0.6) is 0 Å². The number of hydrogen-bond donors (Lipinski definition) is 1. The van der Waals surface area contributed by atoms with Gasteiger partial charge in [0.25, 0.3) is 0 Å². The molecule has 2 aliphatic rings. The molecular formula is C9H16N2O. The zero-order valence-corrected chi connectivity index (χ0v) is 7.55. The van der Waals surface area contributed by atoms with E-state index in [0.29, 0.717) is 12.0 Å². The number of nitrogens with zero attached hydrogens (tertiary/aromatic N) is 1. The maximum absolute atomic E-state index is 5.19. The fourth-order valence-electron chi connectivity index (χ4n) is 1.92. The third-order valence-corrected chi connectivity index (χ3v) is 2.66. The van der Waals surface area contributed by atoms with Crippen molar-refractivity contribution in [1.29, 1.82) is 0 Å². The van der Waals surface area contributed by atoms with E-state index in [0.717, 1.165) is 19.5 Å². The van der Waals surface area contributed by atoms with Gasteiger partial charge in [0.1, 0.15) is 6.10 Å². The van der Waals surface area contributed by atoms with Gasteiger partial charge < -0.3 is 10.2 Å². The van der Waals surface area contributed by atoms with Gasteiger partial charge in [-0.15, -0.1) is 0 Å². The molecule has 1 N–H and O–H groups in total. The summed E-state index contributed by atoms with van der Waals surface area (Å²) in [6, 6.07) is 0. The highest BCUT2D eigenvalue weighted by molar-refractivity contribution is 5.87. The Morgan fingerprint density at radius 1 is 1.42 bits per heavy atom. The molecule has 0 aromatic carbocycles. The van der Waals surface area contributed by atoms with Crippen LogP contribution in [0, 0.1) is 5.92 Å². The molecule has 0 amide bonds. The van der Waals surface area contributed by atoms with E-state index in [4.69, 9.17) is 4.84 Å². The van der Waals surface area contributed by atoms with Crippen molar-refractivity contribution in [2.45, 2.75) is 32.3 Å². The lowest BCUT2D eigenvalue weighted by Gasteiger charge is -2.21. The summed E-state index contributed by atoms with van der Waals surface area (Å²) < 4.78 is 0. The second-order valence-electron chi connectivity index (χ2n) is 3.73. The highest BCUT2D eigenvalue weighted by Crippen LogP contribution is 2.22. The van der Waals surface area contributed by atoms with E-state index in [-0.39, 0.29) is 0 Å². The Balaban J connectivity index is 1.91. The van der Waals surface area contributed by atoms with Gasteiger partial charge in [0.15, 0.2) is 0 Å². The van der Waals surface area contributed by atoms with Crippen molar-refractivity contribution in [3.8, 4) is 0 Å². The summed E-state index contributed by atoms with van der Waals surface area (Å²) in [5.41, 5.74) is 1.30. The van der Waals surface area contributed by atoms with Crippen LogP contribution >= 0.6 is 0 Å². The first kappa shape index (κ1) is 8.05. The Kier molecular flexibility index (Phi) is 2.30. The molecule has 12 heavy (non-hydrogen) atoms. The normalized spacial score (nSPS) is 31.4. The quantitative estimate of drug-likeness (QED) is 0.637. The van der Waals surface area contributed by atoms with Gasteiger partial charge in [-0.25, -0.2) is 0 Å². The van der Waals surface area contributed by atoms with Crippen LogP contribution in [-0.4, -0.2) is 24.9 Å². The van der Waals surface area contributed by atoms with Crippen LogP contribution in [0.1, 0.15) is 26.2 Å². The molecule has 3 nitrogen and oxygen atoms in total. The summed E-state index contributed by atoms with van der Waals surface area (Å²) in [6.07, 6.45) is 3.82. The molecule has 0 aliphatic carbocycles. The van der Waals surface area contributed by atoms with E-state index in [1.807, 2.05) is 0 Å². The molecule has 3 heteroatoms. The van der Waals surface area contributed by atoms with Crippen molar-refractivity contribution in [3.63, 3.8) is 0 Å². The Bertz CT molecular complexity index is 185. The number of hydrogen-bond acceptors (Lipinski definition) is 3. The van der Waals surface area contributed by atoms with Crippen LogP contribution in [0.3, 0.4) is 0 Å². The van der Waals surface area contributed by atoms with E-state index in [1.165, 1.54) is 18.6 Å². The monoisotopic (exact) mass is 168 g/mol. The highest BCUT2D eigenvalue weighted by Gasteiger charge is 2.25. The summed E-state index contributed by atoms with van der Waals surface area (Å²) in [5.74, 6) is 0.691. The van der Waals surface area contributed by atoms with Crippen molar-refractivity contribution >= 4 is 5.71 Å². The smallest absolute Gasteiger partial charge is 0.130 e. The molecular weight excluding hydrogens is 152 g/mol. The summed E-state index contributed by atoms with van der Waals surface area (Å²) in [6.45, 7) is 4.35. The molecule has 0 aromatic rings. The van der Waals surface area contributed by atoms with Gasteiger partial charge in [0.2, 0.25) is 0 Å². The maximum atomic E-state index is 5.19. The molecule has 1 fully saturated rings. The van der Waals surface area contributed by atoms with Crippen LogP contribution in [0.15, 0.2) is 5.16 Å². The molecule has 2 aliphatic heterocycles. The fraction of sp³-hybridized carbons (Fsp3) is 0.889. The first-order valence-corrected chi connectivity index (χ1v) is 4.79. The Morgan fingerprint density at radius 3 is 2.75 bits per heavy atom. The van der Waals surface area contributed by atoms with E-state index >= 15 is 0 Å². The zero-order valence-electron chi connectivity index (χ0n) is 7.55. The van der Waals surface area contributed by atoms with Crippen molar-refractivity contribution in [1.82, 2.24) is 5.32 Å². The lowest BCUT2D eigenvalue weighted by Crippen LogP contribution is -2.31. The third-order valence-electron chi connectivity index (χ3n) is 2.66. The molecule has 68 valence electrons. The highest BCUT2D eigenvalue weighted by atomic mass is 16.6. The lowest BCUT2D eigenvalue weighted by atomic mass is 9.90. The molecule has 1 unspecified atom stereocenters. The Hall–Kier alpha value is -0.570. The first-order valence-electron chi connectivity index (χ1n) is 4.79. The molecule has 2 rings (SSSR count). The SMILES string of the molecule is CC1CC(C2CCNCC2)=NO1. The minimum absolute atomic E-state index is 0.315. The number of piperidine rings is 1. The molecule has 0 aromatic heterocycles. The van der Waals surface area contributed by atoms with Crippen LogP contribution < -0.4 is 5.32 Å². The van der Waals surface area contributed by atoms with E-state index < -0.39 is 0 Å². The predicted molar refractivity (Wildman–Crippen MR) is 48.2 cm³/mol. The van der Waals surface area contributed by atoms with Crippen LogP contribution in [0.2, 0.25) is 0 Å². The standard InChI is InChI=1S/C9H16N2O/c1-7-6-9(11-12-7)8-2-4-10-5-3-8/h7-8,10H,2-6H2,1H3. The minimum Gasteiger partial charge on any atom is -0.392 e. The minimum atomic E-state index is 0.315. The van der Waals surface area contributed by atoms with Gasteiger partial charge >= 0.3 is 0 Å². The molecule has 1 atom stereocenters. The summed E-state index contributed by atoms with van der Waals surface area (Å²) in [4.78, 5) is 5.19. The molecule has 0 saturated carbocycles. The summed E-state index contributed by atoms with van der Waals surface area (Å²) in [7, 11) is 0. The molecule has 2 heterocycles. The molecule has 0 bridgehead atoms. The lowest BCUT2D eigenvalue weighted by molar-refractivity contribution is 0.0994. The number of rotatable bonds is 1. The Labute approximate surface area is 73.2 Å². The largest absolute Gasteiger partial charge is 0.392 e. The predicted octanol–water partition coefficient (Wildman–Crippen LogP) is 1.15. The van der Waals surface area contributed by atoms with Crippen LogP contribution in [0.4, 0.5) is 0 Å². The second kappa shape index (κ2) is 3.44. The number of nitrogens with one attached hydrogen (secondary N) is 1. The van der Waals surface area contributed by atoms with Crippen LogP contribution in [0.25, 0.3) is 0 Å². The Morgan fingerprint density at radius 2 is 2.17 bits per heavy atom. The second-order valence-corrected chi connectivity index (χ2v) is 3.73. The number of oxime groups is 1. The van der Waals surface area contributed by atoms with E-state index in [9.17, 15) is 0 Å². The fourth-order valence-corrected chi connectivity index (χ4v) is 1.92. The average molecular weight is 168 g/mol. The van der Waals surface area contributed by atoms with Gasteiger partial charge in [-0.05, 0) is 32.9 Å². The van der Waals surface area contributed by atoms with E-state index in [2.05, 4.69) is 17.4 Å². The summed E-state index contributed by atoms with van der Waals surface area (Å²) >= 11 is 0. The maximum Gasteiger partial charge on any atom is 0.130 e.